The Labute approximate surface area is 144 Å². The molecule has 120 valence electrons. The van der Waals surface area contributed by atoms with Crippen LogP contribution >= 0.6 is 23.2 Å². The van der Waals surface area contributed by atoms with Gasteiger partial charge in [-0.15, -0.1) is 0 Å². The summed E-state index contributed by atoms with van der Waals surface area (Å²) < 4.78 is 0. The highest BCUT2D eigenvalue weighted by molar-refractivity contribution is 6.35. The quantitative estimate of drug-likeness (QED) is 0.888. The van der Waals surface area contributed by atoms with Gasteiger partial charge < -0.3 is 10.4 Å². The number of hydrogen-bond acceptors (Lipinski definition) is 3. The maximum Gasteiger partial charge on any atom is 0.227 e. The molecule has 1 aliphatic rings. The van der Waals surface area contributed by atoms with Crippen molar-refractivity contribution >= 4 is 29.1 Å². The van der Waals surface area contributed by atoms with E-state index in [4.69, 9.17) is 23.2 Å². The third-order valence-electron chi connectivity index (χ3n) is 4.08. The number of nitrogens with one attached hydrogen (secondary N) is 1. The van der Waals surface area contributed by atoms with Gasteiger partial charge in [0, 0.05) is 22.8 Å². The fourth-order valence-corrected chi connectivity index (χ4v) is 3.34. The summed E-state index contributed by atoms with van der Waals surface area (Å²) in [5.41, 5.74) is 2.21. The maximum absolute atomic E-state index is 12.5. The van der Waals surface area contributed by atoms with Gasteiger partial charge in [-0.2, -0.15) is 0 Å². The summed E-state index contributed by atoms with van der Waals surface area (Å²) in [4.78, 5) is 16.7. The molecule has 1 heterocycles. The van der Waals surface area contributed by atoms with Crippen LogP contribution < -0.4 is 5.32 Å². The van der Waals surface area contributed by atoms with E-state index in [1.807, 2.05) is 6.07 Å². The fraction of sp³-hybridized carbons (Fsp3) is 0.294. The highest BCUT2D eigenvalue weighted by atomic mass is 35.5. The average Bonchev–Trinajstić information content (AvgIpc) is 2.54. The Morgan fingerprint density at radius 3 is 2.91 bits per heavy atom. The molecule has 0 saturated heterocycles. The Bertz CT molecular complexity index is 736. The number of fused-ring (bicyclic) bond motifs is 1. The number of nitrogens with zero attached hydrogens (tertiary/aromatic N) is 1. The van der Waals surface area contributed by atoms with Gasteiger partial charge in [-0.1, -0.05) is 35.3 Å². The molecule has 1 aromatic carbocycles. The van der Waals surface area contributed by atoms with Crippen molar-refractivity contribution in [3.8, 4) is 0 Å². The average molecular weight is 351 g/mol. The highest BCUT2D eigenvalue weighted by Gasteiger charge is 2.31. The minimum atomic E-state index is -0.596. The van der Waals surface area contributed by atoms with Crippen molar-refractivity contribution in [1.82, 2.24) is 10.3 Å². The van der Waals surface area contributed by atoms with E-state index in [-0.39, 0.29) is 11.8 Å². The molecule has 4 nitrogen and oxygen atoms in total. The lowest BCUT2D eigenvalue weighted by Gasteiger charge is -2.27. The second-order valence-electron chi connectivity index (χ2n) is 5.58. The van der Waals surface area contributed by atoms with Gasteiger partial charge in [-0.25, -0.2) is 0 Å². The van der Waals surface area contributed by atoms with E-state index in [0.717, 1.165) is 11.1 Å². The Kier molecular flexibility index (Phi) is 4.85. The van der Waals surface area contributed by atoms with Gasteiger partial charge in [0.25, 0.3) is 0 Å². The number of halogens is 2. The Balaban J connectivity index is 1.73. The number of hydrogen-bond donors (Lipinski definition) is 2. The molecule has 2 atom stereocenters. The number of aliphatic hydroxyl groups is 1. The van der Waals surface area contributed by atoms with Gasteiger partial charge in [0.05, 0.1) is 17.7 Å². The Hall–Kier alpha value is -1.62. The smallest absolute Gasteiger partial charge is 0.227 e. The molecule has 0 spiro atoms. The number of benzene rings is 1. The molecular formula is C17H16Cl2N2O2. The largest absolute Gasteiger partial charge is 0.387 e. The standard InChI is InChI=1S/C17H16Cl2N2O2/c18-11-4-3-10(14(19)8-11)9-21-17(23)13-5-6-15(22)16-12(13)2-1-7-20-16/h1-4,7-8,13,15,22H,5-6,9H2,(H,21,23)/t13-,15+/m0/s1. The number of aromatic nitrogens is 1. The molecule has 6 heteroatoms. The number of pyridine rings is 1. The predicted molar refractivity (Wildman–Crippen MR) is 89.5 cm³/mol. The highest BCUT2D eigenvalue weighted by Crippen LogP contribution is 2.36. The summed E-state index contributed by atoms with van der Waals surface area (Å²) in [7, 11) is 0. The van der Waals surface area contributed by atoms with Crippen molar-refractivity contribution in [2.45, 2.75) is 31.4 Å². The lowest BCUT2D eigenvalue weighted by atomic mass is 9.83. The lowest BCUT2D eigenvalue weighted by Crippen LogP contribution is -2.32. The van der Waals surface area contributed by atoms with E-state index in [0.29, 0.717) is 35.1 Å². The zero-order chi connectivity index (χ0) is 16.4. The second kappa shape index (κ2) is 6.87. The maximum atomic E-state index is 12.5. The van der Waals surface area contributed by atoms with E-state index in [2.05, 4.69) is 10.3 Å². The molecule has 0 aliphatic heterocycles. The minimum Gasteiger partial charge on any atom is -0.387 e. The molecule has 1 amide bonds. The summed E-state index contributed by atoms with van der Waals surface area (Å²) in [5.74, 6) is -0.384. The lowest BCUT2D eigenvalue weighted by molar-refractivity contribution is -0.123. The zero-order valence-electron chi connectivity index (χ0n) is 12.3. The second-order valence-corrected chi connectivity index (χ2v) is 6.42. The molecule has 0 bridgehead atoms. The molecule has 3 rings (SSSR count). The third-order valence-corrected chi connectivity index (χ3v) is 4.66. The van der Waals surface area contributed by atoms with Gasteiger partial charge in [-0.3, -0.25) is 9.78 Å². The van der Waals surface area contributed by atoms with Crippen LogP contribution in [0.4, 0.5) is 0 Å². The molecule has 2 aromatic rings. The normalized spacial score (nSPS) is 20.0. The molecule has 23 heavy (non-hydrogen) atoms. The first-order valence-electron chi connectivity index (χ1n) is 7.41. The zero-order valence-corrected chi connectivity index (χ0v) is 13.8. The molecule has 0 unspecified atom stereocenters. The van der Waals surface area contributed by atoms with Crippen LogP contribution in [-0.2, 0) is 11.3 Å². The van der Waals surface area contributed by atoms with Crippen molar-refractivity contribution in [1.29, 1.82) is 0 Å². The van der Waals surface area contributed by atoms with Crippen molar-refractivity contribution in [3.63, 3.8) is 0 Å². The molecule has 0 radical (unpaired) electrons. The molecular weight excluding hydrogens is 335 g/mol. The van der Waals surface area contributed by atoms with E-state index >= 15 is 0 Å². The van der Waals surface area contributed by atoms with Gasteiger partial charge in [-0.05, 0) is 42.2 Å². The van der Waals surface area contributed by atoms with Gasteiger partial charge in [0.15, 0.2) is 0 Å². The van der Waals surface area contributed by atoms with Gasteiger partial charge in [0.1, 0.15) is 0 Å². The Morgan fingerprint density at radius 2 is 2.13 bits per heavy atom. The first-order valence-corrected chi connectivity index (χ1v) is 8.16. The van der Waals surface area contributed by atoms with Crippen LogP contribution in [0.15, 0.2) is 36.5 Å². The Morgan fingerprint density at radius 1 is 1.30 bits per heavy atom. The first-order chi connectivity index (χ1) is 11.1. The minimum absolute atomic E-state index is 0.0860. The van der Waals surface area contributed by atoms with E-state index in [1.165, 1.54) is 0 Å². The SMILES string of the molecule is O=C(NCc1ccc(Cl)cc1Cl)[C@H]1CC[C@@H](O)c2ncccc21. The van der Waals surface area contributed by atoms with Crippen molar-refractivity contribution in [3.05, 3.63) is 63.4 Å². The van der Waals surface area contributed by atoms with Crippen molar-refractivity contribution < 1.29 is 9.90 Å². The number of amides is 1. The van der Waals surface area contributed by atoms with Gasteiger partial charge >= 0.3 is 0 Å². The third kappa shape index (κ3) is 3.50. The summed E-state index contributed by atoms with van der Waals surface area (Å²) in [6.07, 6.45) is 2.17. The summed E-state index contributed by atoms with van der Waals surface area (Å²) >= 11 is 12.0. The van der Waals surface area contributed by atoms with Crippen LogP contribution in [0.5, 0.6) is 0 Å². The topological polar surface area (TPSA) is 62.2 Å². The van der Waals surface area contributed by atoms with Gasteiger partial charge in [0.2, 0.25) is 5.91 Å². The van der Waals surface area contributed by atoms with E-state index in [1.54, 1.807) is 30.5 Å². The first kappa shape index (κ1) is 16.2. The van der Waals surface area contributed by atoms with Crippen molar-refractivity contribution in [2.75, 3.05) is 0 Å². The molecule has 0 saturated carbocycles. The number of carbonyl (C=O) groups excluding carboxylic acids is 1. The molecule has 2 N–H and O–H groups in total. The number of carbonyl (C=O) groups is 1. The summed E-state index contributed by atoms with van der Waals surface area (Å²) in [6, 6.07) is 8.83. The van der Waals surface area contributed by atoms with Crippen LogP contribution in [0, 0.1) is 0 Å². The van der Waals surface area contributed by atoms with E-state index < -0.39 is 6.10 Å². The number of rotatable bonds is 3. The van der Waals surface area contributed by atoms with Crippen LogP contribution in [0.1, 0.15) is 41.7 Å². The number of aliphatic hydroxyl groups excluding tert-OH is 1. The fourth-order valence-electron chi connectivity index (χ4n) is 2.86. The predicted octanol–water partition coefficient (Wildman–Crippen LogP) is 3.62. The molecule has 1 aliphatic carbocycles. The van der Waals surface area contributed by atoms with E-state index in [9.17, 15) is 9.90 Å². The van der Waals surface area contributed by atoms with Crippen LogP contribution in [0.25, 0.3) is 0 Å². The van der Waals surface area contributed by atoms with Crippen LogP contribution in [0.2, 0.25) is 10.0 Å². The summed E-state index contributed by atoms with van der Waals surface area (Å²) in [6.45, 7) is 0.337. The molecule has 1 aromatic heterocycles. The van der Waals surface area contributed by atoms with Crippen LogP contribution in [-0.4, -0.2) is 16.0 Å². The van der Waals surface area contributed by atoms with Crippen LogP contribution in [0.3, 0.4) is 0 Å². The molecule has 0 fully saturated rings. The van der Waals surface area contributed by atoms with Crippen molar-refractivity contribution in [2.24, 2.45) is 0 Å². The summed E-state index contributed by atoms with van der Waals surface area (Å²) in [5, 5.41) is 14.0. The monoisotopic (exact) mass is 350 g/mol.